The number of halogens is 1. The molecular weight excluding hydrogens is 364 g/mol. The van der Waals surface area contributed by atoms with Crippen LogP contribution in [0, 0.1) is 0 Å². The summed E-state index contributed by atoms with van der Waals surface area (Å²) in [6, 6.07) is 5.81. The van der Waals surface area contributed by atoms with Crippen LogP contribution in [0.25, 0.3) is 6.08 Å². The lowest BCUT2D eigenvalue weighted by molar-refractivity contribution is -0.122. The van der Waals surface area contributed by atoms with E-state index in [1.165, 1.54) is 11.8 Å². The Morgan fingerprint density at radius 2 is 2.14 bits per heavy atom. The van der Waals surface area contributed by atoms with Crippen molar-refractivity contribution in [3.63, 3.8) is 0 Å². The fourth-order valence-electron chi connectivity index (χ4n) is 2.07. The number of benzene rings is 1. The molecule has 0 aromatic heterocycles. The smallest absolute Gasteiger partial charge is 0.266 e. The number of likely N-dealkylation sites (N-methyl/N-ethyl adjacent to an activating group) is 1. The quantitative estimate of drug-likeness (QED) is 0.717. The third kappa shape index (κ3) is 3.73. The Kier molecular flexibility index (Phi) is 6.08. The first-order valence-corrected chi connectivity index (χ1v) is 8.89. The Hall–Kier alpha value is -1.27. The monoisotopic (exact) mass is 382 g/mol. The fourth-order valence-corrected chi connectivity index (χ4v) is 3.69. The van der Waals surface area contributed by atoms with E-state index in [4.69, 9.17) is 4.74 Å². The summed E-state index contributed by atoms with van der Waals surface area (Å²) in [5.41, 5.74) is 0.958. The lowest BCUT2D eigenvalue weighted by atomic mass is 10.2. The van der Waals surface area contributed by atoms with Gasteiger partial charge in [0.15, 0.2) is 5.17 Å². The summed E-state index contributed by atoms with van der Waals surface area (Å²) < 4.78 is 6.38. The highest BCUT2D eigenvalue weighted by molar-refractivity contribution is 9.10. The van der Waals surface area contributed by atoms with Crippen molar-refractivity contribution in [3.05, 3.63) is 33.1 Å². The van der Waals surface area contributed by atoms with Gasteiger partial charge in [-0.05, 0) is 72.2 Å². The van der Waals surface area contributed by atoms with Gasteiger partial charge in [-0.15, -0.1) is 0 Å². The molecule has 0 radical (unpaired) electrons. The van der Waals surface area contributed by atoms with Crippen molar-refractivity contribution >= 4 is 44.8 Å². The SMILES string of the molecule is CCN=C1S/C(=C/c2ccc(OCC)c(Br)c2)C(=O)N1CC. The minimum absolute atomic E-state index is 0.0182. The van der Waals surface area contributed by atoms with Crippen LogP contribution in [0.3, 0.4) is 0 Å². The van der Waals surface area contributed by atoms with Crippen LogP contribution in [0.4, 0.5) is 0 Å². The van der Waals surface area contributed by atoms with Gasteiger partial charge in [-0.25, -0.2) is 0 Å². The van der Waals surface area contributed by atoms with E-state index in [-0.39, 0.29) is 5.91 Å². The molecule has 1 heterocycles. The van der Waals surface area contributed by atoms with Gasteiger partial charge >= 0.3 is 0 Å². The summed E-state index contributed by atoms with van der Waals surface area (Å²) in [5, 5.41) is 0.784. The summed E-state index contributed by atoms with van der Waals surface area (Å²) >= 11 is 4.93. The average molecular weight is 383 g/mol. The number of carbonyl (C=O) groups is 1. The van der Waals surface area contributed by atoms with Crippen molar-refractivity contribution in [2.75, 3.05) is 19.7 Å². The van der Waals surface area contributed by atoms with Gasteiger partial charge in [0, 0.05) is 13.1 Å². The number of thioether (sulfide) groups is 1. The number of hydrogen-bond donors (Lipinski definition) is 0. The van der Waals surface area contributed by atoms with E-state index in [0.29, 0.717) is 24.6 Å². The number of amidine groups is 1. The standard InChI is InChI=1S/C16H19BrN2O2S/c1-4-18-16-19(5-2)15(20)14(22-16)10-11-7-8-13(21-6-3)12(17)9-11/h7-10H,4-6H2,1-3H3/b14-10+,18-16?. The molecule has 1 fully saturated rings. The van der Waals surface area contributed by atoms with Gasteiger partial charge in [0.1, 0.15) is 5.75 Å². The van der Waals surface area contributed by atoms with Crippen molar-refractivity contribution in [1.29, 1.82) is 0 Å². The number of nitrogens with zero attached hydrogens (tertiary/aromatic N) is 2. The van der Waals surface area contributed by atoms with Crippen molar-refractivity contribution in [1.82, 2.24) is 4.90 Å². The number of rotatable bonds is 5. The fraction of sp³-hybridized carbons (Fsp3) is 0.375. The summed E-state index contributed by atoms with van der Waals surface area (Å²) in [7, 11) is 0. The molecule has 0 N–H and O–H groups in total. The Labute approximate surface area is 143 Å². The molecule has 0 bridgehead atoms. The second-order valence-electron chi connectivity index (χ2n) is 4.54. The highest BCUT2D eigenvalue weighted by Gasteiger charge is 2.31. The molecule has 1 amide bonds. The molecule has 1 aromatic rings. The van der Waals surface area contributed by atoms with Crippen molar-refractivity contribution in [2.24, 2.45) is 4.99 Å². The van der Waals surface area contributed by atoms with Gasteiger partial charge in [0.05, 0.1) is 16.0 Å². The number of ether oxygens (including phenoxy) is 1. The lowest BCUT2D eigenvalue weighted by Crippen LogP contribution is -2.28. The zero-order chi connectivity index (χ0) is 16.1. The third-order valence-electron chi connectivity index (χ3n) is 3.05. The van der Waals surface area contributed by atoms with E-state index in [1.54, 1.807) is 4.90 Å². The van der Waals surface area contributed by atoms with Gasteiger partial charge < -0.3 is 4.74 Å². The molecule has 0 unspecified atom stereocenters. The van der Waals surface area contributed by atoms with Crippen LogP contribution >= 0.6 is 27.7 Å². The molecule has 0 aliphatic carbocycles. The van der Waals surface area contributed by atoms with Crippen LogP contribution in [0.15, 0.2) is 32.6 Å². The van der Waals surface area contributed by atoms with Crippen LogP contribution in [0.2, 0.25) is 0 Å². The van der Waals surface area contributed by atoms with Crippen molar-refractivity contribution in [3.8, 4) is 5.75 Å². The minimum Gasteiger partial charge on any atom is -0.493 e. The van der Waals surface area contributed by atoms with Crippen LogP contribution in [0.1, 0.15) is 26.3 Å². The highest BCUT2D eigenvalue weighted by atomic mass is 79.9. The molecule has 2 rings (SSSR count). The van der Waals surface area contributed by atoms with E-state index in [1.807, 2.05) is 45.0 Å². The van der Waals surface area contributed by atoms with Crippen LogP contribution in [-0.4, -0.2) is 35.7 Å². The highest BCUT2D eigenvalue weighted by Crippen LogP contribution is 2.33. The Balaban J connectivity index is 2.28. The van der Waals surface area contributed by atoms with Gasteiger partial charge in [-0.3, -0.25) is 14.7 Å². The third-order valence-corrected chi connectivity index (χ3v) is 4.72. The summed E-state index contributed by atoms with van der Waals surface area (Å²) in [6.07, 6.45) is 1.90. The molecule has 1 aliphatic heterocycles. The zero-order valence-electron chi connectivity index (χ0n) is 12.9. The number of hydrogen-bond acceptors (Lipinski definition) is 4. The molecule has 4 nitrogen and oxygen atoms in total. The maximum absolute atomic E-state index is 12.4. The molecule has 1 aliphatic rings. The molecule has 22 heavy (non-hydrogen) atoms. The first-order valence-electron chi connectivity index (χ1n) is 7.28. The molecular formula is C16H19BrN2O2S. The van der Waals surface area contributed by atoms with Gasteiger partial charge in [0.2, 0.25) is 0 Å². The normalized spacial score (nSPS) is 18.5. The van der Waals surface area contributed by atoms with E-state index >= 15 is 0 Å². The Bertz CT molecular complexity index is 629. The molecule has 1 aromatic carbocycles. The molecule has 1 saturated heterocycles. The number of carbonyl (C=O) groups excluding carboxylic acids is 1. The predicted octanol–water partition coefficient (Wildman–Crippen LogP) is 4.16. The number of amides is 1. The predicted molar refractivity (Wildman–Crippen MR) is 96.2 cm³/mol. The summed E-state index contributed by atoms with van der Waals surface area (Å²) in [5.74, 6) is 0.822. The first-order chi connectivity index (χ1) is 10.6. The summed E-state index contributed by atoms with van der Waals surface area (Å²) in [6.45, 7) is 7.81. The molecule has 118 valence electrons. The Morgan fingerprint density at radius 1 is 1.36 bits per heavy atom. The van der Waals surface area contributed by atoms with Crippen molar-refractivity contribution < 1.29 is 9.53 Å². The summed E-state index contributed by atoms with van der Waals surface area (Å²) in [4.78, 5) is 19.2. The molecule has 0 spiro atoms. The van der Waals surface area contributed by atoms with Crippen molar-refractivity contribution in [2.45, 2.75) is 20.8 Å². The second-order valence-corrected chi connectivity index (χ2v) is 6.40. The first kappa shape index (κ1) is 17.1. The lowest BCUT2D eigenvalue weighted by Gasteiger charge is -2.11. The topological polar surface area (TPSA) is 41.9 Å². The maximum atomic E-state index is 12.4. The largest absolute Gasteiger partial charge is 0.493 e. The van der Waals surface area contributed by atoms with E-state index < -0.39 is 0 Å². The second kappa shape index (κ2) is 7.83. The Morgan fingerprint density at radius 3 is 2.73 bits per heavy atom. The van der Waals surface area contributed by atoms with E-state index in [2.05, 4.69) is 20.9 Å². The van der Waals surface area contributed by atoms with E-state index in [0.717, 1.165) is 21.0 Å². The van der Waals surface area contributed by atoms with Gasteiger partial charge in [-0.1, -0.05) is 6.07 Å². The minimum atomic E-state index is 0.0182. The molecule has 0 atom stereocenters. The zero-order valence-corrected chi connectivity index (χ0v) is 15.3. The average Bonchev–Trinajstić information content (AvgIpc) is 2.78. The molecule has 0 saturated carbocycles. The van der Waals surface area contributed by atoms with Gasteiger partial charge in [-0.2, -0.15) is 0 Å². The van der Waals surface area contributed by atoms with E-state index in [9.17, 15) is 4.79 Å². The number of aliphatic imine (C=N–C) groups is 1. The maximum Gasteiger partial charge on any atom is 0.266 e. The molecule has 6 heteroatoms. The van der Waals surface area contributed by atoms with Crippen LogP contribution in [-0.2, 0) is 4.79 Å². The van der Waals surface area contributed by atoms with Crippen LogP contribution < -0.4 is 4.74 Å². The van der Waals surface area contributed by atoms with Gasteiger partial charge in [0.25, 0.3) is 5.91 Å². The van der Waals surface area contributed by atoms with Crippen LogP contribution in [0.5, 0.6) is 5.75 Å².